The van der Waals surface area contributed by atoms with Gasteiger partial charge in [-0.25, -0.2) is 17.9 Å². The second-order valence-electron chi connectivity index (χ2n) is 4.83. The Morgan fingerprint density at radius 3 is 2.87 bits per heavy atom. The smallest absolute Gasteiger partial charge is 0.421 e. The molecule has 1 aliphatic heterocycles. The van der Waals surface area contributed by atoms with Crippen molar-refractivity contribution in [1.82, 2.24) is 4.72 Å². The third-order valence-corrected chi connectivity index (χ3v) is 4.88. The average Bonchev–Trinajstić information content (AvgIpc) is 2.50. The highest BCUT2D eigenvalue weighted by Gasteiger charge is 2.23. The van der Waals surface area contributed by atoms with E-state index in [1.165, 1.54) is 12.1 Å². The summed E-state index contributed by atoms with van der Waals surface area (Å²) in [6, 6.07) is 4.19. The zero-order valence-corrected chi connectivity index (χ0v) is 14.2. The maximum Gasteiger partial charge on any atom is 0.421 e. The summed E-state index contributed by atoms with van der Waals surface area (Å²) in [5, 5.41) is -0.0290. The minimum absolute atomic E-state index is 0.0290. The van der Waals surface area contributed by atoms with Gasteiger partial charge in [-0.3, -0.25) is 0 Å². The molecular formula is C14H18ClNO6S. The molecule has 0 radical (unpaired) electrons. The first-order chi connectivity index (χ1) is 10.9. The maximum atomic E-state index is 12.2. The summed E-state index contributed by atoms with van der Waals surface area (Å²) in [5.41, 5.74) is 0. The third-order valence-electron chi connectivity index (χ3n) is 3.09. The lowest BCUT2D eigenvalue weighted by molar-refractivity contribution is -0.106. The van der Waals surface area contributed by atoms with E-state index in [4.69, 9.17) is 21.1 Å². The second-order valence-corrected chi connectivity index (χ2v) is 6.89. The molecular weight excluding hydrogens is 346 g/mol. The fourth-order valence-electron chi connectivity index (χ4n) is 2.04. The number of rotatable bonds is 5. The minimum Gasteiger partial charge on any atom is -0.465 e. The van der Waals surface area contributed by atoms with Gasteiger partial charge in [0, 0.05) is 12.5 Å². The molecule has 0 aromatic heterocycles. The van der Waals surface area contributed by atoms with Gasteiger partial charge in [0.1, 0.15) is 10.6 Å². The van der Waals surface area contributed by atoms with Crippen LogP contribution >= 0.6 is 11.6 Å². The number of nitrogens with one attached hydrogen (secondary N) is 1. The number of carbonyl (C=O) groups excluding carboxylic acids is 1. The molecule has 0 spiro atoms. The predicted octanol–water partition coefficient (Wildman–Crippen LogP) is 2.68. The first-order valence-electron chi connectivity index (χ1n) is 7.20. The molecule has 1 N–H and O–H groups in total. The van der Waals surface area contributed by atoms with Crippen LogP contribution in [0.2, 0.25) is 5.02 Å². The van der Waals surface area contributed by atoms with E-state index in [-0.39, 0.29) is 16.5 Å². The molecule has 1 aliphatic rings. The van der Waals surface area contributed by atoms with Crippen molar-refractivity contribution in [3.8, 4) is 5.75 Å². The molecule has 1 saturated heterocycles. The number of amides is 1. The molecule has 128 valence electrons. The number of halogens is 1. The highest BCUT2D eigenvalue weighted by molar-refractivity contribution is 7.90. The van der Waals surface area contributed by atoms with Crippen LogP contribution in [0.5, 0.6) is 5.75 Å². The molecule has 1 atom stereocenters. The SMILES string of the molecule is CCOC(=O)NS(=O)(=O)c1cc(OC2CCCCO2)ccc1Cl. The first kappa shape index (κ1) is 17.8. The van der Waals surface area contributed by atoms with Crippen molar-refractivity contribution < 1.29 is 27.4 Å². The van der Waals surface area contributed by atoms with Crippen molar-refractivity contribution >= 4 is 27.7 Å². The normalized spacial score (nSPS) is 18.3. The number of benzene rings is 1. The molecule has 1 aromatic carbocycles. The van der Waals surface area contributed by atoms with Crippen molar-refractivity contribution in [2.24, 2.45) is 0 Å². The zero-order valence-electron chi connectivity index (χ0n) is 12.6. The van der Waals surface area contributed by atoms with E-state index in [1.54, 1.807) is 17.7 Å². The Labute approximate surface area is 139 Å². The lowest BCUT2D eigenvalue weighted by Gasteiger charge is -2.23. The number of ether oxygens (including phenoxy) is 3. The summed E-state index contributed by atoms with van der Waals surface area (Å²) in [4.78, 5) is 11.1. The summed E-state index contributed by atoms with van der Waals surface area (Å²) >= 11 is 5.93. The van der Waals surface area contributed by atoms with Crippen molar-refractivity contribution in [1.29, 1.82) is 0 Å². The summed E-state index contributed by atoms with van der Waals surface area (Å²) in [6.07, 6.45) is 1.20. The van der Waals surface area contributed by atoms with Gasteiger partial charge in [0.2, 0.25) is 0 Å². The Hall–Kier alpha value is -1.51. The predicted molar refractivity (Wildman–Crippen MR) is 83.0 cm³/mol. The highest BCUT2D eigenvalue weighted by atomic mass is 35.5. The van der Waals surface area contributed by atoms with Gasteiger partial charge in [0.25, 0.3) is 10.0 Å². The molecule has 23 heavy (non-hydrogen) atoms. The molecule has 1 fully saturated rings. The molecule has 0 saturated carbocycles. The van der Waals surface area contributed by atoms with Gasteiger partial charge < -0.3 is 14.2 Å². The quantitative estimate of drug-likeness (QED) is 0.864. The van der Waals surface area contributed by atoms with Crippen LogP contribution < -0.4 is 9.46 Å². The van der Waals surface area contributed by atoms with Gasteiger partial charge in [0.05, 0.1) is 18.2 Å². The van der Waals surface area contributed by atoms with Gasteiger partial charge >= 0.3 is 6.09 Å². The second kappa shape index (κ2) is 7.85. The number of sulfonamides is 1. The van der Waals surface area contributed by atoms with E-state index < -0.39 is 22.4 Å². The van der Waals surface area contributed by atoms with Gasteiger partial charge in [-0.15, -0.1) is 0 Å². The molecule has 9 heteroatoms. The van der Waals surface area contributed by atoms with Gasteiger partial charge in [-0.2, -0.15) is 0 Å². The Morgan fingerprint density at radius 1 is 1.43 bits per heavy atom. The summed E-state index contributed by atoms with van der Waals surface area (Å²) < 4.78 is 41.8. The maximum absolute atomic E-state index is 12.2. The number of hydrogen-bond acceptors (Lipinski definition) is 6. The Bertz CT molecular complexity index is 657. The first-order valence-corrected chi connectivity index (χ1v) is 9.06. The van der Waals surface area contributed by atoms with Crippen molar-refractivity contribution in [3.05, 3.63) is 23.2 Å². The van der Waals surface area contributed by atoms with E-state index in [0.717, 1.165) is 19.3 Å². The summed E-state index contributed by atoms with van der Waals surface area (Å²) in [7, 11) is -4.15. The van der Waals surface area contributed by atoms with Crippen LogP contribution in [-0.2, 0) is 19.5 Å². The van der Waals surface area contributed by atoms with Gasteiger partial charge in [0.15, 0.2) is 6.29 Å². The number of hydrogen-bond donors (Lipinski definition) is 1. The summed E-state index contributed by atoms with van der Waals surface area (Å²) in [5.74, 6) is 0.297. The van der Waals surface area contributed by atoms with Crippen molar-refractivity contribution in [3.63, 3.8) is 0 Å². The van der Waals surface area contributed by atoms with Gasteiger partial charge in [-0.05, 0) is 31.9 Å². The monoisotopic (exact) mass is 363 g/mol. The molecule has 1 amide bonds. The van der Waals surface area contributed by atoms with E-state index in [9.17, 15) is 13.2 Å². The van der Waals surface area contributed by atoms with Crippen LogP contribution in [-0.4, -0.2) is 34.0 Å². The molecule has 1 unspecified atom stereocenters. The minimum atomic E-state index is -4.15. The Balaban J connectivity index is 2.17. The standard InChI is InChI=1S/C14H18ClNO6S/c1-2-20-14(17)16-23(18,19)12-9-10(6-7-11(12)15)22-13-5-3-4-8-21-13/h6-7,9,13H,2-5,8H2,1H3,(H,16,17). The molecule has 1 aromatic rings. The van der Waals surface area contributed by atoms with E-state index in [1.807, 2.05) is 0 Å². The molecule has 0 bridgehead atoms. The van der Waals surface area contributed by atoms with E-state index in [2.05, 4.69) is 4.74 Å². The largest absolute Gasteiger partial charge is 0.465 e. The number of carbonyl (C=O) groups is 1. The highest BCUT2D eigenvalue weighted by Crippen LogP contribution is 2.28. The van der Waals surface area contributed by atoms with Crippen LogP contribution in [0.4, 0.5) is 4.79 Å². The zero-order chi connectivity index (χ0) is 16.9. The van der Waals surface area contributed by atoms with Crippen LogP contribution in [0, 0.1) is 0 Å². The van der Waals surface area contributed by atoms with Gasteiger partial charge in [-0.1, -0.05) is 11.6 Å². The molecule has 7 nitrogen and oxygen atoms in total. The molecule has 2 rings (SSSR count). The molecule has 1 heterocycles. The van der Waals surface area contributed by atoms with Crippen molar-refractivity contribution in [2.75, 3.05) is 13.2 Å². The Morgan fingerprint density at radius 2 is 2.22 bits per heavy atom. The fourth-order valence-corrected chi connectivity index (χ4v) is 3.45. The third kappa shape index (κ3) is 4.98. The average molecular weight is 364 g/mol. The topological polar surface area (TPSA) is 90.9 Å². The van der Waals surface area contributed by atoms with Crippen LogP contribution in [0.3, 0.4) is 0 Å². The molecule has 0 aliphatic carbocycles. The van der Waals surface area contributed by atoms with E-state index >= 15 is 0 Å². The Kier molecular flexibility index (Phi) is 6.09. The van der Waals surface area contributed by atoms with E-state index in [0.29, 0.717) is 12.4 Å². The lowest BCUT2D eigenvalue weighted by Crippen LogP contribution is -2.31. The van der Waals surface area contributed by atoms with Crippen LogP contribution in [0.15, 0.2) is 23.1 Å². The van der Waals surface area contributed by atoms with Crippen molar-refractivity contribution in [2.45, 2.75) is 37.4 Å². The fraction of sp³-hybridized carbons (Fsp3) is 0.500. The summed E-state index contributed by atoms with van der Waals surface area (Å²) in [6.45, 7) is 2.23. The van der Waals surface area contributed by atoms with Crippen LogP contribution in [0.1, 0.15) is 26.2 Å². The lowest BCUT2D eigenvalue weighted by atomic mass is 10.2. The van der Waals surface area contributed by atoms with Crippen LogP contribution in [0.25, 0.3) is 0 Å².